The van der Waals surface area contributed by atoms with Crippen molar-refractivity contribution in [2.24, 2.45) is 5.92 Å². The number of ether oxygens (including phenoxy) is 1. The lowest BCUT2D eigenvalue weighted by Gasteiger charge is -2.35. The van der Waals surface area contributed by atoms with Gasteiger partial charge in [-0.1, -0.05) is 44.2 Å². The topological polar surface area (TPSA) is 104 Å². The van der Waals surface area contributed by atoms with E-state index in [2.05, 4.69) is 0 Å². The first-order chi connectivity index (χ1) is 11.8. The molecular formula is C17H20N2O6. The molecule has 1 atom stereocenters. The predicted molar refractivity (Wildman–Crippen MR) is 85.8 cm³/mol. The number of carboxylic acids is 1. The van der Waals surface area contributed by atoms with Crippen LogP contribution in [0.3, 0.4) is 0 Å². The monoisotopic (exact) mass is 348 g/mol. The van der Waals surface area contributed by atoms with Gasteiger partial charge in [-0.15, -0.1) is 0 Å². The van der Waals surface area contributed by atoms with Crippen LogP contribution < -0.4 is 0 Å². The van der Waals surface area contributed by atoms with E-state index in [0.29, 0.717) is 15.6 Å². The van der Waals surface area contributed by atoms with E-state index in [4.69, 9.17) is 4.74 Å². The minimum Gasteiger partial charge on any atom is -0.480 e. The fraction of sp³-hybridized carbons (Fsp3) is 0.412. The Bertz CT molecular complexity index is 657. The van der Waals surface area contributed by atoms with Gasteiger partial charge in [0.15, 0.2) is 6.04 Å². The number of benzene rings is 1. The SMILES string of the molecule is CC(C)C(C(=O)O)N(C(=O)OCc1ccccc1)N1C(=O)CCC1=O. The molecule has 1 N–H and O–H groups in total. The molecule has 0 bridgehead atoms. The normalized spacial score (nSPS) is 15.4. The Kier molecular flexibility index (Phi) is 5.74. The third-order valence-electron chi connectivity index (χ3n) is 3.78. The molecule has 1 aromatic rings. The number of nitrogens with zero attached hydrogens (tertiary/aromatic N) is 2. The van der Waals surface area contributed by atoms with Gasteiger partial charge < -0.3 is 9.84 Å². The van der Waals surface area contributed by atoms with Gasteiger partial charge in [-0.25, -0.2) is 9.59 Å². The van der Waals surface area contributed by atoms with Crippen LogP contribution in [0.4, 0.5) is 4.79 Å². The second-order valence-corrected chi connectivity index (χ2v) is 6.01. The number of hydrogen-bond donors (Lipinski definition) is 1. The molecule has 8 nitrogen and oxygen atoms in total. The van der Waals surface area contributed by atoms with Gasteiger partial charge in [0.2, 0.25) is 11.8 Å². The molecule has 1 unspecified atom stereocenters. The van der Waals surface area contributed by atoms with Crippen LogP contribution in [-0.4, -0.2) is 45.0 Å². The molecule has 134 valence electrons. The minimum atomic E-state index is -1.39. The van der Waals surface area contributed by atoms with Crippen molar-refractivity contribution in [2.45, 2.75) is 39.3 Å². The third kappa shape index (κ3) is 4.14. The molecule has 1 saturated heterocycles. The number of rotatable bonds is 6. The zero-order valence-corrected chi connectivity index (χ0v) is 14.0. The highest BCUT2D eigenvalue weighted by Crippen LogP contribution is 2.22. The van der Waals surface area contributed by atoms with Gasteiger partial charge in [0, 0.05) is 12.8 Å². The average molecular weight is 348 g/mol. The molecule has 3 amide bonds. The summed E-state index contributed by atoms with van der Waals surface area (Å²) in [5.74, 6) is -3.09. The van der Waals surface area contributed by atoms with Crippen molar-refractivity contribution in [2.75, 3.05) is 0 Å². The Morgan fingerprint density at radius 1 is 1.16 bits per heavy atom. The minimum absolute atomic E-state index is 0.0638. The second-order valence-electron chi connectivity index (χ2n) is 6.01. The third-order valence-corrected chi connectivity index (χ3v) is 3.78. The summed E-state index contributed by atoms with van der Waals surface area (Å²) in [6.45, 7) is 3.07. The van der Waals surface area contributed by atoms with E-state index in [1.54, 1.807) is 44.2 Å². The van der Waals surface area contributed by atoms with Gasteiger partial charge in [-0.05, 0) is 11.5 Å². The molecule has 25 heavy (non-hydrogen) atoms. The van der Waals surface area contributed by atoms with E-state index in [9.17, 15) is 24.3 Å². The molecule has 1 aliphatic rings. The standard InChI is InChI=1S/C17H20N2O6/c1-11(2)15(16(22)23)19(18-13(20)8-9-14(18)21)17(24)25-10-12-6-4-3-5-7-12/h3-7,11,15H,8-10H2,1-2H3,(H,22,23). The number of hydrogen-bond acceptors (Lipinski definition) is 5. The summed E-state index contributed by atoms with van der Waals surface area (Å²) < 4.78 is 5.16. The van der Waals surface area contributed by atoms with Crippen LogP contribution in [0.25, 0.3) is 0 Å². The highest BCUT2D eigenvalue weighted by Gasteiger charge is 2.45. The molecule has 0 aromatic heterocycles. The first kappa shape index (κ1) is 18.4. The number of carboxylic acid groups (broad SMARTS) is 1. The largest absolute Gasteiger partial charge is 0.480 e. The molecule has 0 saturated carbocycles. The maximum Gasteiger partial charge on any atom is 0.430 e. The number of imide groups is 1. The van der Waals surface area contributed by atoms with Gasteiger partial charge in [0.25, 0.3) is 0 Å². The Morgan fingerprint density at radius 2 is 1.72 bits per heavy atom. The first-order valence-corrected chi connectivity index (χ1v) is 7.91. The average Bonchev–Trinajstić information content (AvgIpc) is 2.89. The summed E-state index contributed by atoms with van der Waals surface area (Å²) in [5.41, 5.74) is 0.700. The number of amides is 3. The van der Waals surface area contributed by atoms with Crippen LogP contribution in [-0.2, 0) is 25.7 Å². The Balaban J connectivity index is 2.26. The second kappa shape index (κ2) is 7.78. The molecule has 1 aromatic carbocycles. The van der Waals surface area contributed by atoms with Crippen LogP contribution in [0.1, 0.15) is 32.3 Å². The maximum atomic E-state index is 12.5. The van der Waals surface area contributed by atoms with E-state index in [0.717, 1.165) is 0 Å². The fourth-order valence-electron chi connectivity index (χ4n) is 2.58. The summed E-state index contributed by atoms with van der Waals surface area (Å²) in [4.78, 5) is 48.2. The molecule has 2 rings (SSSR count). The first-order valence-electron chi connectivity index (χ1n) is 7.91. The van der Waals surface area contributed by atoms with Crippen molar-refractivity contribution in [3.8, 4) is 0 Å². The van der Waals surface area contributed by atoms with Crippen LogP contribution in [0, 0.1) is 5.92 Å². The molecule has 8 heteroatoms. The molecular weight excluding hydrogens is 328 g/mol. The maximum absolute atomic E-state index is 12.5. The summed E-state index contributed by atoms with van der Waals surface area (Å²) >= 11 is 0. The zero-order chi connectivity index (χ0) is 18.6. The Hall–Kier alpha value is -2.90. The molecule has 0 aliphatic carbocycles. The van der Waals surface area contributed by atoms with E-state index in [-0.39, 0.29) is 19.4 Å². The number of hydrazine groups is 1. The molecule has 0 spiro atoms. The molecule has 1 aliphatic heterocycles. The van der Waals surface area contributed by atoms with Crippen LogP contribution in [0.2, 0.25) is 0 Å². The van der Waals surface area contributed by atoms with Gasteiger partial charge in [0.1, 0.15) is 6.61 Å². The van der Waals surface area contributed by atoms with E-state index in [1.807, 2.05) is 0 Å². The van der Waals surface area contributed by atoms with Crippen molar-refractivity contribution in [3.63, 3.8) is 0 Å². The molecule has 0 radical (unpaired) electrons. The predicted octanol–water partition coefficient (Wildman–Crippen LogP) is 1.80. The summed E-state index contributed by atoms with van der Waals surface area (Å²) in [6.07, 6.45) is -1.18. The van der Waals surface area contributed by atoms with Crippen LogP contribution >= 0.6 is 0 Å². The van der Waals surface area contributed by atoms with Crippen molar-refractivity contribution >= 4 is 23.9 Å². The summed E-state index contributed by atoms with van der Waals surface area (Å²) in [7, 11) is 0. The van der Waals surface area contributed by atoms with Crippen molar-refractivity contribution in [3.05, 3.63) is 35.9 Å². The van der Waals surface area contributed by atoms with Crippen LogP contribution in [0.15, 0.2) is 30.3 Å². The smallest absolute Gasteiger partial charge is 0.430 e. The number of aliphatic carboxylic acids is 1. The van der Waals surface area contributed by atoms with E-state index >= 15 is 0 Å². The summed E-state index contributed by atoms with van der Waals surface area (Å²) in [5, 5.41) is 10.7. The van der Waals surface area contributed by atoms with Crippen molar-refractivity contribution < 1.29 is 29.0 Å². The van der Waals surface area contributed by atoms with Gasteiger partial charge >= 0.3 is 12.1 Å². The Morgan fingerprint density at radius 3 is 2.20 bits per heavy atom. The van der Waals surface area contributed by atoms with Crippen molar-refractivity contribution in [1.29, 1.82) is 0 Å². The zero-order valence-electron chi connectivity index (χ0n) is 14.0. The highest BCUT2D eigenvalue weighted by atomic mass is 16.6. The summed E-state index contributed by atoms with van der Waals surface area (Å²) in [6, 6.07) is 7.42. The lowest BCUT2D eigenvalue weighted by molar-refractivity contribution is -0.167. The highest BCUT2D eigenvalue weighted by molar-refractivity contribution is 6.03. The quantitative estimate of drug-likeness (QED) is 0.786. The van der Waals surface area contributed by atoms with E-state index < -0.39 is 35.8 Å². The molecule has 1 fully saturated rings. The van der Waals surface area contributed by atoms with Crippen LogP contribution in [0.5, 0.6) is 0 Å². The lowest BCUT2D eigenvalue weighted by Crippen LogP contribution is -2.58. The Labute approximate surface area is 144 Å². The molecule has 1 heterocycles. The van der Waals surface area contributed by atoms with Crippen molar-refractivity contribution in [1.82, 2.24) is 10.0 Å². The van der Waals surface area contributed by atoms with E-state index in [1.165, 1.54) is 0 Å². The fourth-order valence-corrected chi connectivity index (χ4v) is 2.58. The number of carbonyl (C=O) groups excluding carboxylic acids is 3. The van der Waals surface area contributed by atoms with Gasteiger partial charge in [0.05, 0.1) is 0 Å². The van der Waals surface area contributed by atoms with Gasteiger partial charge in [-0.2, -0.15) is 10.0 Å². The number of carbonyl (C=O) groups is 4. The lowest BCUT2D eigenvalue weighted by atomic mass is 10.0. The van der Waals surface area contributed by atoms with Gasteiger partial charge in [-0.3, -0.25) is 9.59 Å².